The number of carbonyl (C=O) groups is 1. The van der Waals surface area contributed by atoms with Crippen molar-refractivity contribution in [2.45, 2.75) is 47.0 Å². The molecule has 0 N–H and O–H groups in total. The molecular formula is C18H25N3OS. The number of aryl methyl sites for hydroxylation is 1. The van der Waals surface area contributed by atoms with Crippen LogP contribution >= 0.6 is 11.8 Å². The zero-order valence-corrected chi connectivity index (χ0v) is 15.4. The first kappa shape index (κ1) is 17.7. The summed E-state index contributed by atoms with van der Waals surface area (Å²) in [7, 11) is 0. The number of amides is 1. The number of hydrogen-bond donors (Lipinski definition) is 0. The highest BCUT2D eigenvalue weighted by Gasteiger charge is 2.31. The number of rotatable bonds is 5. The fourth-order valence-corrected chi connectivity index (χ4v) is 3.13. The summed E-state index contributed by atoms with van der Waals surface area (Å²) in [5, 5.41) is 9.15. The molecule has 1 heterocycles. The van der Waals surface area contributed by atoms with Gasteiger partial charge in [0.2, 0.25) is 5.91 Å². The molecule has 1 aliphatic heterocycles. The van der Waals surface area contributed by atoms with Crippen LogP contribution in [0.2, 0.25) is 0 Å². The van der Waals surface area contributed by atoms with Gasteiger partial charge < -0.3 is 0 Å². The average molecular weight is 331 g/mol. The minimum absolute atomic E-state index is 0.0694. The molecule has 0 aliphatic carbocycles. The van der Waals surface area contributed by atoms with Crippen molar-refractivity contribution in [1.82, 2.24) is 0 Å². The van der Waals surface area contributed by atoms with Gasteiger partial charge in [0.1, 0.15) is 0 Å². The van der Waals surface area contributed by atoms with Crippen molar-refractivity contribution < 1.29 is 4.79 Å². The quantitative estimate of drug-likeness (QED) is 0.585. The van der Waals surface area contributed by atoms with Gasteiger partial charge in [-0.15, -0.1) is 5.10 Å². The number of hydrogen-bond acceptors (Lipinski definition) is 4. The summed E-state index contributed by atoms with van der Waals surface area (Å²) in [5.41, 5.74) is 3.23. The molecule has 1 fully saturated rings. The molecule has 0 radical (unpaired) electrons. The molecule has 5 heteroatoms. The smallest absolute Gasteiger partial charge is 0.243 e. The second-order valence-electron chi connectivity index (χ2n) is 6.27. The Morgan fingerprint density at radius 2 is 2.09 bits per heavy atom. The molecule has 1 atom stereocenters. The van der Waals surface area contributed by atoms with Gasteiger partial charge >= 0.3 is 0 Å². The van der Waals surface area contributed by atoms with Crippen LogP contribution in [0, 0.1) is 12.8 Å². The van der Waals surface area contributed by atoms with Gasteiger partial charge in [-0.2, -0.15) is 5.10 Å². The van der Waals surface area contributed by atoms with Crippen LogP contribution in [0.5, 0.6) is 0 Å². The Bertz CT molecular complexity index is 637. The molecule has 1 unspecified atom stereocenters. The standard InChI is InChI=1S/C18H25N3OS/c1-6-13(4)10-19-20-18-21(17(22)11-23-18)16-9-14(5)7-8-15(16)12(2)3/h7-10,12-13H,6,11H2,1-5H3/b19-10+,20-18-. The second-order valence-corrected chi connectivity index (χ2v) is 7.21. The molecule has 1 saturated heterocycles. The van der Waals surface area contributed by atoms with Crippen molar-refractivity contribution in [3.05, 3.63) is 29.3 Å². The van der Waals surface area contributed by atoms with Gasteiger partial charge in [-0.1, -0.05) is 51.6 Å². The predicted molar refractivity (Wildman–Crippen MR) is 101 cm³/mol. The highest BCUT2D eigenvalue weighted by atomic mass is 32.2. The van der Waals surface area contributed by atoms with Crippen LogP contribution < -0.4 is 4.90 Å². The van der Waals surface area contributed by atoms with Gasteiger partial charge in [-0.05, 0) is 42.4 Å². The first-order valence-electron chi connectivity index (χ1n) is 8.11. The minimum Gasteiger partial charge on any atom is -0.273 e. The Hall–Kier alpha value is -1.62. The van der Waals surface area contributed by atoms with Gasteiger partial charge in [0.15, 0.2) is 5.17 Å². The summed E-state index contributed by atoms with van der Waals surface area (Å²) in [6.07, 6.45) is 2.87. The molecule has 1 aromatic rings. The van der Waals surface area contributed by atoms with E-state index in [0.29, 0.717) is 22.8 Å². The molecule has 124 valence electrons. The molecule has 23 heavy (non-hydrogen) atoms. The van der Waals surface area contributed by atoms with Crippen LogP contribution in [0.25, 0.3) is 0 Å². The van der Waals surface area contributed by atoms with Crippen LogP contribution in [0.4, 0.5) is 5.69 Å². The molecule has 1 aliphatic rings. The van der Waals surface area contributed by atoms with E-state index >= 15 is 0 Å². The largest absolute Gasteiger partial charge is 0.273 e. The van der Waals surface area contributed by atoms with Gasteiger partial charge in [0.25, 0.3) is 0 Å². The fraction of sp³-hybridized carbons (Fsp3) is 0.500. The number of anilines is 1. The lowest BCUT2D eigenvalue weighted by Gasteiger charge is -2.21. The summed E-state index contributed by atoms with van der Waals surface area (Å²) < 4.78 is 0. The van der Waals surface area contributed by atoms with E-state index in [2.05, 4.69) is 56.1 Å². The Balaban J connectivity index is 2.39. The van der Waals surface area contributed by atoms with E-state index < -0.39 is 0 Å². The topological polar surface area (TPSA) is 45.0 Å². The van der Waals surface area contributed by atoms with Crippen molar-refractivity contribution in [2.75, 3.05) is 10.7 Å². The SMILES string of the molecule is CCC(C)/C=N/N=C1\SCC(=O)N1c1cc(C)ccc1C(C)C. The third-order valence-electron chi connectivity index (χ3n) is 3.92. The molecule has 0 bridgehead atoms. The number of amidine groups is 1. The Morgan fingerprint density at radius 1 is 1.35 bits per heavy atom. The first-order valence-corrected chi connectivity index (χ1v) is 9.10. The summed E-state index contributed by atoms with van der Waals surface area (Å²) in [4.78, 5) is 14.1. The van der Waals surface area contributed by atoms with Crippen molar-refractivity contribution in [3.63, 3.8) is 0 Å². The average Bonchev–Trinajstić information content (AvgIpc) is 2.87. The summed E-state index contributed by atoms with van der Waals surface area (Å²) in [6.45, 7) is 10.5. The van der Waals surface area contributed by atoms with Crippen LogP contribution in [0.15, 0.2) is 28.4 Å². The molecule has 0 saturated carbocycles. The molecule has 0 aromatic heterocycles. The van der Waals surface area contributed by atoms with Crippen LogP contribution in [0.1, 0.15) is 51.2 Å². The molecular weight excluding hydrogens is 306 g/mol. The first-order chi connectivity index (χ1) is 10.9. The summed E-state index contributed by atoms with van der Waals surface area (Å²) in [6, 6.07) is 6.25. The van der Waals surface area contributed by atoms with Gasteiger partial charge in [-0.3, -0.25) is 9.69 Å². The third kappa shape index (κ3) is 4.22. The van der Waals surface area contributed by atoms with E-state index in [-0.39, 0.29) is 5.91 Å². The summed E-state index contributed by atoms with van der Waals surface area (Å²) in [5.74, 6) is 1.22. The maximum atomic E-state index is 12.4. The van der Waals surface area contributed by atoms with Crippen molar-refractivity contribution in [1.29, 1.82) is 0 Å². The molecule has 4 nitrogen and oxygen atoms in total. The lowest BCUT2D eigenvalue weighted by molar-refractivity contribution is -0.115. The zero-order valence-electron chi connectivity index (χ0n) is 14.5. The number of carbonyl (C=O) groups excluding carboxylic acids is 1. The monoisotopic (exact) mass is 331 g/mol. The second kappa shape index (κ2) is 7.77. The van der Waals surface area contributed by atoms with E-state index in [1.165, 1.54) is 11.8 Å². The van der Waals surface area contributed by atoms with E-state index in [4.69, 9.17) is 0 Å². The van der Waals surface area contributed by atoms with Gasteiger partial charge in [0.05, 0.1) is 11.4 Å². The molecule has 1 aromatic carbocycles. The normalized spacial score (nSPS) is 18.6. The summed E-state index contributed by atoms with van der Waals surface area (Å²) >= 11 is 1.45. The predicted octanol–water partition coefficient (Wildman–Crippen LogP) is 4.59. The lowest BCUT2D eigenvalue weighted by atomic mass is 9.99. The van der Waals surface area contributed by atoms with Gasteiger partial charge in [-0.25, -0.2) is 0 Å². The van der Waals surface area contributed by atoms with Crippen molar-refractivity contribution >= 4 is 34.7 Å². The Kier molecular flexibility index (Phi) is 5.99. The Labute approximate surface area is 143 Å². The number of thioether (sulfide) groups is 1. The maximum Gasteiger partial charge on any atom is 0.243 e. The third-order valence-corrected chi connectivity index (χ3v) is 4.84. The van der Waals surface area contributed by atoms with E-state index in [0.717, 1.165) is 23.2 Å². The number of nitrogens with zero attached hydrogens (tertiary/aromatic N) is 3. The lowest BCUT2D eigenvalue weighted by Crippen LogP contribution is -2.30. The highest BCUT2D eigenvalue weighted by molar-refractivity contribution is 8.15. The molecule has 1 amide bonds. The van der Waals surface area contributed by atoms with E-state index in [1.807, 2.05) is 13.1 Å². The number of benzene rings is 1. The molecule has 0 spiro atoms. The van der Waals surface area contributed by atoms with E-state index in [1.54, 1.807) is 4.90 Å². The Morgan fingerprint density at radius 3 is 2.74 bits per heavy atom. The van der Waals surface area contributed by atoms with Crippen LogP contribution in [0.3, 0.4) is 0 Å². The zero-order chi connectivity index (χ0) is 17.0. The van der Waals surface area contributed by atoms with Crippen molar-refractivity contribution in [3.8, 4) is 0 Å². The maximum absolute atomic E-state index is 12.4. The van der Waals surface area contributed by atoms with Gasteiger partial charge in [0, 0.05) is 6.21 Å². The van der Waals surface area contributed by atoms with Crippen LogP contribution in [-0.2, 0) is 4.79 Å². The van der Waals surface area contributed by atoms with E-state index in [9.17, 15) is 4.79 Å². The van der Waals surface area contributed by atoms with Crippen LogP contribution in [-0.4, -0.2) is 23.0 Å². The molecule has 2 rings (SSSR count). The fourth-order valence-electron chi connectivity index (χ4n) is 2.31. The van der Waals surface area contributed by atoms with Crippen molar-refractivity contribution in [2.24, 2.45) is 16.1 Å². The highest BCUT2D eigenvalue weighted by Crippen LogP contribution is 2.34. The minimum atomic E-state index is 0.0694.